The largest absolute Gasteiger partial charge is 0.497 e. The van der Waals surface area contributed by atoms with E-state index in [0.717, 1.165) is 28.7 Å². The van der Waals surface area contributed by atoms with E-state index in [2.05, 4.69) is 21.9 Å². The van der Waals surface area contributed by atoms with Crippen molar-refractivity contribution in [3.63, 3.8) is 0 Å². The summed E-state index contributed by atoms with van der Waals surface area (Å²) in [5, 5.41) is 4.14. The van der Waals surface area contributed by atoms with Gasteiger partial charge < -0.3 is 10.1 Å². The third kappa shape index (κ3) is 4.23. The van der Waals surface area contributed by atoms with Gasteiger partial charge in [-0.25, -0.2) is 9.97 Å². The highest BCUT2D eigenvalue weighted by Gasteiger charge is 2.06. The molecule has 2 aromatic rings. The van der Waals surface area contributed by atoms with Crippen molar-refractivity contribution >= 4 is 17.6 Å². The molecule has 0 amide bonds. The van der Waals surface area contributed by atoms with Gasteiger partial charge in [0.2, 0.25) is 0 Å². The van der Waals surface area contributed by atoms with Crippen molar-refractivity contribution in [1.29, 1.82) is 0 Å². The average Bonchev–Trinajstić information content (AvgIpc) is 2.54. The lowest BCUT2D eigenvalue weighted by atomic mass is 10.2. The van der Waals surface area contributed by atoms with Gasteiger partial charge in [-0.05, 0) is 30.4 Å². The van der Waals surface area contributed by atoms with Gasteiger partial charge >= 0.3 is 0 Å². The maximum atomic E-state index is 5.16. The van der Waals surface area contributed by atoms with Crippen LogP contribution in [0.3, 0.4) is 0 Å². The molecule has 0 atom stereocenters. The molecule has 5 heteroatoms. The van der Waals surface area contributed by atoms with Gasteiger partial charge in [-0.15, -0.1) is 6.58 Å². The predicted octanol–water partition coefficient (Wildman–Crippen LogP) is 3.55. The molecule has 0 saturated heterocycles. The quantitative estimate of drug-likeness (QED) is 0.481. The number of ether oxygens (including phenoxy) is 1. The first-order valence-electron chi connectivity index (χ1n) is 6.64. The summed E-state index contributed by atoms with van der Waals surface area (Å²) >= 11 is 1.53. The number of aromatic nitrogens is 2. The van der Waals surface area contributed by atoms with E-state index in [4.69, 9.17) is 4.74 Å². The summed E-state index contributed by atoms with van der Waals surface area (Å²) in [6.45, 7) is 4.48. The van der Waals surface area contributed by atoms with E-state index in [1.165, 1.54) is 17.3 Å². The molecule has 0 aliphatic rings. The van der Waals surface area contributed by atoms with Crippen LogP contribution in [0.15, 0.2) is 48.3 Å². The van der Waals surface area contributed by atoms with Crippen LogP contribution in [0.1, 0.15) is 11.1 Å². The molecule has 0 aliphatic heterocycles. The standard InChI is InChI=1S/C16H19N3OS/c1-4-5-13-11-18-16(21-3)19-15(13)17-10-12-6-8-14(20-2)9-7-12/h4,6-9,11H,1,5,10H2,2-3H3,(H,17,18,19). The lowest BCUT2D eigenvalue weighted by Gasteiger charge is -2.11. The molecule has 0 unspecified atom stereocenters. The normalized spacial score (nSPS) is 10.2. The maximum absolute atomic E-state index is 5.16. The zero-order chi connectivity index (χ0) is 15.1. The number of methoxy groups -OCH3 is 1. The van der Waals surface area contributed by atoms with Crippen LogP contribution < -0.4 is 10.1 Å². The molecule has 1 aromatic carbocycles. The van der Waals surface area contributed by atoms with Crippen LogP contribution in [0, 0.1) is 0 Å². The summed E-state index contributed by atoms with van der Waals surface area (Å²) in [5.41, 5.74) is 2.22. The second-order valence-corrected chi connectivity index (χ2v) is 5.20. The van der Waals surface area contributed by atoms with Crippen molar-refractivity contribution in [3.05, 3.63) is 54.2 Å². The molecule has 0 aliphatic carbocycles. The van der Waals surface area contributed by atoms with Crippen molar-refractivity contribution < 1.29 is 4.74 Å². The first kappa shape index (κ1) is 15.4. The number of benzene rings is 1. The van der Waals surface area contributed by atoms with E-state index in [1.54, 1.807) is 7.11 Å². The van der Waals surface area contributed by atoms with Crippen LogP contribution >= 0.6 is 11.8 Å². The van der Waals surface area contributed by atoms with E-state index < -0.39 is 0 Å². The van der Waals surface area contributed by atoms with E-state index in [1.807, 2.05) is 42.8 Å². The highest BCUT2D eigenvalue weighted by atomic mass is 32.2. The molecular weight excluding hydrogens is 282 g/mol. The molecule has 21 heavy (non-hydrogen) atoms. The van der Waals surface area contributed by atoms with E-state index >= 15 is 0 Å². The fourth-order valence-corrected chi connectivity index (χ4v) is 2.22. The number of anilines is 1. The van der Waals surface area contributed by atoms with Crippen LogP contribution in [-0.2, 0) is 13.0 Å². The minimum atomic E-state index is 0.707. The number of thioether (sulfide) groups is 1. The highest BCUT2D eigenvalue weighted by molar-refractivity contribution is 7.98. The molecule has 0 bridgehead atoms. The average molecular weight is 301 g/mol. The first-order chi connectivity index (χ1) is 10.3. The fourth-order valence-electron chi connectivity index (χ4n) is 1.88. The Morgan fingerprint density at radius 2 is 2.10 bits per heavy atom. The maximum Gasteiger partial charge on any atom is 0.189 e. The number of hydrogen-bond donors (Lipinski definition) is 1. The highest BCUT2D eigenvalue weighted by Crippen LogP contribution is 2.19. The second-order valence-electron chi connectivity index (χ2n) is 4.42. The topological polar surface area (TPSA) is 47.0 Å². The van der Waals surface area contributed by atoms with Gasteiger partial charge in [0.15, 0.2) is 5.16 Å². The van der Waals surface area contributed by atoms with Gasteiger partial charge in [0.05, 0.1) is 7.11 Å². The Morgan fingerprint density at radius 1 is 1.33 bits per heavy atom. The fraction of sp³-hybridized carbons (Fsp3) is 0.250. The Kier molecular flexibility index (Phi) is 5.63. The summed E-state index contributed by atoms with van der Waals surface area (Å²) < 4.78 is 5.16. The van der Waals surface area contributed by atoms with E-state index in [-0.39, 0.29) is 0 Å². The summed E-state index contributed by atoms with van der Waals surface area (Å²) in [7, 11) is 1.67. The molecular formula is C16H19N3OS. The number of nitrogens with zero attached hydrogens (tertiary/aromatic N) is 2. The zero-order valence-electron chi connectivity index (χ0n) is 12.3. The number of rotatable bonds is 7. The van der Waals surface area contributed by atoms with E-state index in [0.29, 0.717) is 6.54 Å². The molecule has 0 saturated carbocycles. The Hall–Kier alpha value is -2.01. The summed E-state index contributed by atoms with van der Waals surface area (Å²) in [6.07, 6.45) is 6.43. The van der Waals surface area contributed by atoms with Gasteiger partial charge in [0.1, 0.15) is 11.6 Å². The Labute approximate surface area is 129 Å². The van der Waals surface area contributed by atoms with Crippen LogP contribution in [0.2, 0.25) is 0 Å². The molecule has 1 heterocycles. The zero-order valence-corrected chi connectivity index (χ0v) is 13.1. The van der Waals surface area contributed by atoms with Crippen molar-refractivity contribution in [2.24, 2.45) is 0 Å². The molecule has 4 nitrogen and oxygen atoms in total. The molecule has 0 radical (unpaired) electrons. The third-order valence-corrected chi connectivity index (χ3v) is 3.57. The first-order valence-corrected chi connectivity index (χ1v) is 7.87. The molecule has 0 spiro atoms. The van der Waals surface area contributed by atoms with Gasteiger partial charge in [-0.3, -0.25) is 0 Å². The summed E-state index contributed by atoms with van der Waals surface area (Å²) in [4.78, 5) is 8.83. The van der Waals surface area contributed by atoms with Crippen molar-refractivity contribution in [2.45, 2.75) is 18.1 Å². The lowest BCUT2D eigenvalue weighted by molar-refractivity contribution is 0.414. The van der Waals surface area contributed by atoms with Crippen molar-refractivity contribution in [1.82, 2.24) is 9.97 Å². The number of nitrogens with one attached hydrogen (secondary N) is 1. The molecule has 0 fully saturated rings. The number of allylic oxidation sites excluding steroid dienone is 1. The molecule has 1 aromatic heterocycles. The smallest absolute Gasteiger partial charge is 0.189 e. The SMILES string of the molecule is C=CCc1cnc(SC)nc1NCc1ccc(OC)cc1. The van der Waals surface area contributed by atoms with Crippen molar-refractivity contribution in [2.75, 3.05) is 18.7 Å². The summed E-state index contributed by atoms with van der Waals surface area (Å²) in [5.74, 6) is 1.72. The second kappa shape index (κ2) is 7.69. The molecule has 110 valence electrons. The van der Waals surface area contributed by atoms with Crippen LogP contribution in [0.25, 0.3) is 0 Å². The molecule has 1 N–H and O–H groups in total. The Bertz CT molecular complexity index is 599. The van der Waals surface area contributed by atoms with Crippen LogP contribution in [-0.4, -0.2) is 23.3 Å². The van der Waals surface area contributed by atoms with Gasteiger partial charge in [-0.1, -0.05) is 30.0 Å². The number of hydrogen-bond acceptors (Lipinski definition) is 5. The lowest BCUT2D eigenvalue weighted by Crippen LogP contribution is -2.06. The Balaban J connectivity index is 2.11. The molecule has 2 rings (SSSR count). The third-order valence-electron chi connectivity index (χ3n) is 3.01. The van der Waals surface area contributed by atoms with E-state index in [9.17, 15) is 0 Å². The van der Waals surface area contributed by atoms with Crippen LogP contribution in [0.4, 0.5) is 5.82 Å². The van der Waals surface area contributed by atoms with Gasteiger partial charge in [-0.2, -0.15) is 0 Å². The van der Waals surface area contributed by atoms with Gasteiger partial charge in [0.25, 0.3) is 0 Å². The minimum absolute atomic E-state index is 0.707. The van der Waals surface area contributed by atoms with Crippen LogP contribution in [0.5, 0.6) is 5.75 Å². The summed E-state index contributed by atoms with van der Waals surface area (Å²) in [6, 6.07) is 7.98. The van der Waals surface area contributed by atoms with Gasteiger partial charge in [0, 0.05) is 18.3 Å². The predicted molar refractivity (Wildman–Crippen MR) is 88.0 cm³/mol. The minimum Gasteiger partial charge on any atom is -0.497 e. The Morgan fingerprint density at radius 3 is 2.71 bits per heavy atom. The van der Waals surface area contributed by atoms with Crippen molar-refractivity contribution in [3.8, 4) is 5.75 Å². The monoisotopic (exact) mass is 301 g/mol.